The fourth-order valence-electron chi connectivity index (χ4n) is 3.09. The number of aromatic nitrogens is 2. The van der Waals surface area contributed by atoms with Crippen molar-refractivity contribution in [2.24, 2.45) is 0 Å². The molecule has 3 rings (SSSR count). The quantitative estimate of drug-likeness (QED) is 0.913. The number of rotatable bonds is 5. The average Bonchev–Trinajstić information content (AvgIpc) is 2.81. The van der Waals surface area contributed by atoms with Crippen molar-refractivity contribution in [3.05, 3.63) is 35.7 Å². The molecule has 3 heterocycles. The molecule has 24 heavy (non-hydrogen) atoms. The van der Waals surface area contributed by atoms with Crippen molar-refractivity contribution in [1.29, 1.82) is 0 Å². The van der Waals surface area contributed by atoms with Crippen LogP contribution in [0.3, 0.4) is 0 Å². The molecule has 6 nitrogen and oxygen atoms in total. The normalized spacial score (nSPS) is 15.9. The van der Waals surface area contributed by atoms with Gasteiger partial charge in [-0.25, -0.2) is 0 Å². The second kappa shape index (κ2) is 8.06. The Kier molecular flexibility index (Phi) is 5.59. The number of nitrogens with one attached hydrogen (secondary N) is 1. The lowest BCUT2D eigenvalue weighted by Crippen LogP contribution is -2.35. The third-order valence-corrected chi connectivity index (χ3v) is 4.41. The summed E-state index contributed by atoms with van der Waals surface area (Å²) < 4.78 is 5.22. The van der Waals surface area contributed by atoms with Gasteiger partial charge in [-0.15, -0.1) is 0 Å². The minimum absolute atomic E-state index is 0.149. The Bertz CT molecular complexity index is 661. The van der Waals surface area contributed by atoms with Crippen molar-refractivity contribution in [3.8, 4) is 11.4 Å². The van der Waals surface area contributed by atoms with E-state index in [1.807, 2.05) is 18.2 Å². The number of hydrogen-bond donors (Lipinski definition) is 1. The Morgan fingerprint density at radius 3 is 2.75 bits per heavy atom. The maximum absolute atomic E-state index is 12.6. The van der Waals surface area contributed by atoms with E-state index in [1.54, 1.807) is 13.1 Å². The van der Waals surface area contributed by atoms with Crippen LogP contribution in [0, 0.1) is 6.92 Å². The second-order valence-electron chi connectivity index (χ2n) is 6.19. The molecule has 1 saturated heterocycles. The van der Waals surface area contributed by atoms with Gasteiger partial charge in [-0.2, -0.15) is 0 Å². The van der Waals surface area contributed by atoms with Gasteiger partial charge in [-0.3, -0.25) is 9.78 Å². The number of aryl methyl sites for hydroxylation is 1. The van der Waals surface area contributed by atoms with E-state index in [0.29, 0.717) is 29.3 Å². The lowest BCUT2D eigenvalue weighted by atomic mass is 10.1. The molecular weight excluding hydrogens is 304 g/mol. The van der Waals surface area contributed by atoms with Crippen molar-refractivity contribution < 1.29 is 9.32 Å². The van der Waals surface area contributed by atoms with Gasteiger partial charge in [0.05, 0.1) is 5.69 Å². The van der Waals surface area contributed by atoms with Gasteiger partial charge in [0.2, 0.25) is 0 Å². The lowest BCUT2D eigenvalue weighted by Gasteiger charge is -2.19. The van der Waals surface area contributed by atoms with E-state index >= 15 is 0 Å². The molecule has 0 radical (unpaired) electrons. The molecule has 0 spiro atoms. The molecule has 1 amide bonds. The van der Waals surface area contributed by atoms with Gasteiger partial charge in [-0.1, -0.05) is 24.1 Å². The first kappa shape index (κ1) is 16.6. The van der Waals surface area contributed by atoms with E-state index in [0.717, 1.165) is 19.6 Å². The number of amides is 1. The summed E-state index contributed by atoms with van der Waals surface area (Å²) in [4.78, 5) is 19.3. The van der Waals surface area contributed by atoms with E-state index in [4.69, 9.17) is 4.52 Å². The zero-order valence-electron chi connectivity index (χ0n) is 14.1. The maximum Gasteiger partial charge on any atom is 0.257 e. The third-order valence-electron chi connectivity index (χ3n) is 4.41. The molecule has 2 aromatic rings. The molecule has 0 aliphatic carbocycles. The fraction of sp³-hybridized carbons (Fsp3) is 0.500. The molecule has 0 atom stereocenters. The second-order valence-corrected chi connectivity index (χ2v) is 6.19. The van der Waals surface area contributed by atoms with Crippen LogP contribution >= 0.6 is 0 Å². The summed E-state index contributed by atoms with van der Waals surface area (Å²) in [6.45, 7) is 5.52. The number of carbonyl (C=O) groups is 1. The molecule has 0 unspecified atom stereocenters. The van der Waals surface area contributed by atoms with Gasteiger partial charge in [0.1, 0.15) is 17.0 Å². The van der Waals surface area contributed by atoms with Gasteiger partial charge in [0.25, 0.3) is 5.91 Å². The lowest BCUT2D eigenvalue weighted by molar-refractivity contribution is 0.0947. The Labute approximate surface area is 142 Å². The van der Waals surface area contributed by atoms with Gasteiger partial charge in [0.15, 0.2) is 0 Å². The van der Waals surface area contributed by atoms with Crippen LogP contribution in [0.1, 0.15) is 41.8 Å². The number of likely N-dealkylation sites (tertiary alicyclic amines) is 1. The molecule has 128 valence electrons. The Morgan fingerprint density at radius 1 is 1.25 bits per heavy atom. The van der Waals surface area contributed by atoms with Gasteiger partial charge in [0, 0.05) is 19.3 Å². The molecule has 1 fully saturated rings. The number of carbonyl (C=O) groups excluding carboxylic acids is 1. The summed E-state index contributed by atoms with van der Waals surface area (Å²) in [5.74, 6) is 0.368. The minimum atomic E-state index is -0.149. The van der Waals surface area contributed by atoms with Crippen LogP contribution in [0.5, 0.6) is 0 Å². The van der Waals surface area contributed by atoms with E-state index in [2.05, 4.69) is 20.4 Å². The molecule has 1 aliphatic rings. The van der Waals surface area contributed by atoms with E-state index in [9.17, 15) is 4.79 Å². The monoisotopic (exact) mass is 328 g/mol. The Morgan fingerprint density at radius 2 is 2.04 bits per heavy atom. The van der Waals surface area contributed by atoms with E-state index < -0.39 is 0 Å². The SMILES string of the molecule is Cc1onc(-c2ccccn2)c1C(=O)NCCN1CCCCCC1. The van der Waals surface area contributed by atoms with Gasteiger partial charge in [-0.05, 0) is 45.0 Å². The third kappa shape index (κ3) is 4.00. The molecule has 1 N–H and O–H groups in total. The van der Waals surface area contributed by atoms with Crippen molar-refractivity contribution in [1.82, 2.24) is 20.4 Å². The first-order chi connectivity index (χ1) is 11.8. The smallest absolute Gasteiger partial charge is 0.257 e. The van der Waals surface area contributed by atoms with Crippen molar-refractivity contribution >= 4 is 5.91 Å². The zero-order chi connectivity index (χ0) is 16.8. The minimum Gasteiger partial charge on any atom is -0.360 e. The van der Waals surface area contributed by atoms with Crippen molar-refractivity contribution in [2.45, 2.75) is 32.6 Å². The van der Waals surface area contributed by atoms with Crippen LogP contribution in [0.2, 0.25) is 0 Å². The predicted molar refractivity (Wildman–Crippen MR) is 91.7 cm³/mol. The summed E-state index contributed by atoms with van der Waals surface area (Å²) in [5, 5.41) is 7.00. The molecular formula is C18H24N4O2. The largest absolute Gasteiger partial charge is 0.360 e. The highest BCUT2D eigenvalue weighted by molar-refractivity contribution is 6.00. The highest BCUT2D eigenvalue weighted by atomic mass is 16.5. The molecule has 6 heteroatoms. The first-order valence-corrected chi connectivity index (χ1v) is 8.64. The van der Waals surface area contributed by atoms with Gasteiger partial charge >= 0.3 is 0 Å². The van der Waals surface area contributed by atoms with Crippen LogP contribution in [-0.2, 0) is 0 Å². The summed E-state index contributed by atoms with van der Waals surface area (Å²) >= 11 is 0. The molecule has 0 bridgehead atoms. The van der Waals surface area contributed by atoms with Crippen LogP contribution in [0.4, 0.5) is 0 Å². The first-order valence-electron chi connectivity index (χ1n) is 8.64. The number of pyridine rings is 1. The van der Waals surface area contributed by atoms with Crippen LogP contribution in [0.25, 0.3) is 11.4 Å². The molecule has 1 aliphatic heterocycles. The fourth-order valence-corrected chi connectivity index (χ4v) is 3.09. The summed E-state index contributed by atoms with van der Waals surface area (Å²) in [6.07, 6.45) is 6.82. The summed E-state index contributed by atoms with van der Waals surface area (Å²) in [7, 11) is 0. The zero-order valence-corrected chi connectivity index (χ0v) is 14.1. The highest BCUT2D eigenvalue weighted by Gasteiger charge is 2.22. The Balaban J connectivity index is 1.62. The predicted octanol–water partition coefficient (Wildman–Crippen LogP) is 2.65. The standard InChI is InChI=1S/C18H24N4O2/c1-14-16(17(21-24-14)15-8-4-5-9-19-15)18(23)20-10-13-22-11-6-2-3-7-12-22/h4-5,8-9H,2-3,6-7,10-13H2,1H3,(H,20,23). The average molecular weight is 328 g/mol. The summed E-state index contributed by atoms with van der Waals surface area (Å²) in [6, 6.07) is 5.52. The Hall–Kier alpha value is -2.21. The van der Waals surface area contributed by atoms with Crippen LogP contribution in [-0.4, -0.2) is 47.1 Å². The van der Waals surface area contributed by atoms with Crippen LogP contribution < -0.4 is 5.32 Å². The molecule has 2 aromatic heterocycles. The highest BCUT2D eigenvalue weighted by Crippen LogP contribution is 2.23. The van der Waals surface area contributed by atoms with E-state index in [1.165, 1.54) is 25.7 Å². The topological polar surface area (TPSA) is 71.3 Å². The maximum atomic E-state index is 12.6. The number of nitrogens with zero attached hydrogens (tertiary/aromatic N) is 3. The van der Waals surface area contributed by atoms with E-state index in [-0.39, 0.29) is 5.91 Å². The number of hydrogen-bond acceptors (Lipinski definition) is 5. The molecule has 0 aromatic carbocycles. The summed E-state index contributed by atoms with van der Waals surface area (Å²) in [5.41, 5.74) is 1.62. The van der Waals surface area contributed by atoms with Crippen molar-refractivity contribution in [3.63, 3.8) is 0 Å². The van der Waals surface area contributed by atoms with Crippen LogP contribution in [0.15, 0.2) is 28.9 Å². The van der Waals surface area contributed by atoms with Crippen molar-refractivity contribution in [2.75, 3.05) is 26.2 Å². The van der Waals surface area contributed by atoms with Gasteiger partial charge < -0.3 is 14.7 Å². The molecule has 0 saturated carbocycles.